The molecular weight excluding hydrogens is 621 g/mol. The lowest BCUT2D eigenvalue weighted by Crippen LogP contribution is -1.99. The predicted molar refractivity (Wildman–Crippen MR) is 215 cm³/mol. The van der Waals surface area contributed by atoms with Crippen molar-refractivity contribution in [3.8, 4) is 22.5 Å². The molecular formula is C48H32N2O. The third-order valence-electron chi connectivity index (χ3n) is 9.55. The summed E-state index contributed by atoms with van der Waals surface area (Å²) in [5.41, 5.74) is 7.96. The van der Waals surface area contributed by atoms with E-state index >= 15 is 0 Å². The van der Waals surface area contributed by atoms with E-state index in [2.05, 4.69) is 103 Å². The highest BCUT2D eigenvalue weighted by atomic mass is 16.3. The van der Waals surface area contributed by atoms with E-state index in [-0.39, 0.29) is 0 Å². The SMILES string of the molecule is N=C(/C=C(\N=Cc1ccccc1)c1c2ccccc2c(-c2ccccc2)c2c1ccc1ccccc12)c1cccc(-c2cc3ccccc3o2)c1. The number of rotatable bonds is 7. The standard InChI is InChI=1S/C48H32N2O/c49-42(35-20-13-21-36(28-35)45-29-37-19-8-12-25-44(37)51-45)30-43(50-31-32-14-3-1-4-15-32)47-40-24-11-10-23-39(40)46(34-17-5-2-6-18-34)48-38-22-9-7-16-33(38)26-27-41(47)48/h1-31,49H/b43-30-,49-42?,50-31?. The minimum atomic E-state index is 0.360. The molecule has 0 fully saturated rings. The maximum absolute atomic E-state index is 9.50. The van der Waals surface area contributed by atoms with Gasteiger partial charge in [0.2, 0.25) is 0 Å². The Bertz CT molecular complexity index is 2780. The zero-order chi connectivity index (χ0) is 34.1. The van der Waals surface area contributed by atoms with Crippen LogP contribution in [0, 0.1) is 5.41 Å². The molecule has 51 heavy (non-hydrogen) atoms. The van der Waals surface area contributed by atoms with Gasteiger partial charge in [0.25, 0.3) is 0 Å². The monoisotopic (exact) mass is 652 g/mol. The second kappa shape index (κ2) is 12.9. The summed E-state index contributed by atoms with van der Waals surface area (Å²) < 4.78 is 6.20. The summed E-state index contributed by atoms with van der Waals surface area (Å²) >= 11 is 0. The fourth-order valence-electron chi connectivity index (χ4n) is 7.17. The third kappa shape index (κ3) is 5.61. The first-order chi connectivity index (χ1) is 25.2. The van der Waals surface area contributed by atoms with Crippen LogP contribution in [0.3, 0.4) is 0 Å². The van der Waals surface area contributed by atoms with E-state index in [1.807, 2.05) is 85.1 Å². The van der Waals surface area contributed by atoms with Gasteiger partial charge in [-0.05, 0) is 73.3 Å². The Morgan fingerprint density at radius 3 is 2.00 bits per heavy atom. The van der Waals surface area contributed by atoms with Gasteiger partial charge in [-0.1, -0.05) is 158 Å². The van der Waals surface area contributed by atoms with Crippen molar-refractivity contribution in [2.45, 2.75) is 0 Å². The van der Waals surface area contributed by atoms with Crippen LogP contribution in [0.5, 0.6) is 0 Å². The molecule has 3 nitrogen and oxygen atoms in total. The fraction of sp³-hybridized carbons (Fsp3) is 0. The Balaban J connectivity index is 1.30. The predicted octanol–water partition coefficient (Wildman–Crippen LogP) is 12.8. The summed E-state index contributed by atoms with van der Waals surface area (Å²) in [6.07, 6.45) is 3.81. The lowest BCUT2D eigenvalue weighted by molar-refractivity contribution is 0.631. The summed E-state index contributed by atoms with van der Waals surface area (Å²) in [7, 11) is 0. The summed E-state index contributed by atoms with van der Waals surface area (Å²) in [6, 6.07) is 60.5. The first-order valence-electron chi connectivity index (χ1n) is 17.1. The van der Waals surface area contributed by atoms with Crippen molar-refractivity contribution in [1.82, 2.24) is 0 Å². The van der Waals surface area contributed by atoms with Crippen LogP contribution in [-0.2, 0) is 0 Å². The molecule has 0 amide bonds. The van der Waals surface area contributed by atoms with E-state index in [9.17, 15) is 5.41 Å². The molecule has 0 spiro atoms. The third-order valence-corrected chi connectivity index (χ3v) is 9.55. The Morgan fingerprint density at radius 1 is 0.529 bits per heavy atom. The molecule has 8 aromatic carbocycles. The fourth-order valence-corrected chi connectivity index (χ4v) is 7.17. The molecule has 9 aromatic rings. The summed E-state index contributed by atoms with van der Waals surface area (Å²) in [6.45, 7) is 0. The van der Waals surface area contributed by atoms with E-state index in [0.717, 1.165) is 60.7 Å². The van der Waals surface area contributed by atoms with Crippen LogP contribution in [0.1, 0.15) is 16.7 Å². The normalized spacial score (nSPS) is 12.0. The number of benzene rings is 8. The molecule has 1 N–H and O–H groups in total. The number of hydrogen-bond acceptors (Lipinski definition) is 3. The van der Waals surface area contributed by atoms with E-state index in [0.29, 0.717) is 11.4 Å². The van der Waals surface area contributed by atoms with Gasteiger partial charge in [0.05, 0.1) is 11.4 Å². The summed E-state index contributed by atoms with van der Waals surface area (Å²) in [5.74, 6) is 0.775. The summed E-state index contributed by atoms with van der Waals surface area (Å²) in [5, 5.41) is 17.4. The first kappa shape index (κ1) is 30.2. The highest BCUT2D eigenvalue weighted by molar-refractivity contribution is 6.27. The largest absolute Gasteiger partial charge is 0.456 e. The lowest BCUT2D eigenvalue weighted by Gasteiger charge is -2.19. The van der Waals surface area contributed by atoms with E-state index in [1.165, 1.54) is 21.7 Å². The minimum absolute atomic E-state index is 0.360. The summed E-state index contributed by atoms with van der Waals surface area (Å²) in [4.78, 5) is 5.20. The van der Waals surface area contributed by atoms with Crippen molar-refractivity contribution in [2.75, 3.05) is 0 Å². The molecule has 0 aliphatic rings. The van der Waals surface area contributed by atoms with Gasteiger partial charge >= 0.3 is 0 Å². The zero-order valence-electron chi connectivity index (χ0n) is 27.8. The average Bonchev–Trinajstić information content (AvgIpc) is 3.64. The molecule has 1 heterocycles. The van der Waals surface area contributed by atoms with Gasteiger partial charge in [0.1, 0.15) is 11.3 Å². The Kier molecular flexibility index (Phi) is 7.64. The van der Waals surface area contributed by atoms with Crippen LogP contribution in [0.4, 0.5) is 0 Å². The number of allylic oxidation sites excluding steroid dienone is 1. The Hall–Kier alpha value is -6.84. The molecule has 0 saturated carbocycles. The van der Waals surface area contributed by atoms with Crippen LogP contribution in [0.15, 0.2) is 191 Å². The van der Waals surface area contributed by atoms with Crippen LogP contribution >= 0.6 is 0 Å². The molecule has 3 heteroatoms. The smallest absolute Gasteiger partial charge is 0.135 e. The van der Waals surface area contributed by atoms with Gasteiger partial charge in [-0.15, -0.1) is 0 Å². The second-order valence-electron chi connectivity index (χ2n) is 12.7. The van der Waals surface area contributed by atoms with Crippen molar-refractivity contribution in [1.29, 1.82) is 5.41 Å². The first-order valence-corrected chi connectivity index (χ1v) is 17.1. The molecule has 0 saturated heterocycles. The molecule has 240 valence electrons. The number of nitrogens with one attached hydrogen (secondary N) is 1. The molecule has 0 atom stereocenters. The van der Waals surface area contributed by atoms with Crippen LogP contribution < -0.4 is 0 Å². The maximum atomic E-state index is 9.50. The van der Waals surface area contributed by atoms with Crippen molar-refractivity contribution >= 4 is 60.9 Å². The number of para-hydroxylation sites is 1. The molecule has 9 rings (SSSR count). The highest BCUT2D eigenvalue weighted by Gasteiger charge is 2.20. The van der Waals surface area contributed by atoms with Crippen molar-refractivity contribution in [3.05, 3.63) is 199 Å². The van der Waals surface area contributed by atoms with Gasteiger partial charge in [0.15, 0.2) is 0 Å². The van der Waals surface area contributed by atoms with Crippen molar-refractivity contribution < 1.29 is 4.42 Å². The Labute approximate surface area is 296 Å². The zero-order valence-corrected chi connectivity index (χ0v) is 27.8. The molecule has 0 radical (unpaired) electrons. The second-order valence-corrected chi connectivity index (χ2v) is 12.7. The average molecular weight is 653 g/mol. The van der Waals surface area contributed by atoms with Crippen LogP contribution in [0.25, 0.3) is 71.4 Å². The quantitative estimate of drug-likeness (QED) is 0.104. The number of fused-ring (bicyclic) bond motifs is 5. The number of nitrogens with zero attached hydrogens (tertiary/aromatic N) is 1. The lowest BCUT2D eigenvalue weighted by atomic mass is 9.85. The van der Waals surface area contributed by atoms with Gasteiger partial charge in [0, 0.05) is 28.3 Å². The maximum Gasteiger partial charge on any atom is 0.135 e. The van der Waals surface area contributed by atoms with Gasteiger partial charge in [-0.3, -0.25) is 4.99 Å². The minimum Gasteiger partial charge on any atom is -0.456 e. The van der Waals surface area contributed by atoms with E-state index in [1.54, 1.807) is 0 Å². The topological polar surface area (TPSA) is 49.4 Å². The Morgan fingerprint density at radius 2 is 1.20 bits per heavy atom. The molecule has 0 aliphatic heterocycles. The van der Waals surface area contributed by atoms with Crippen molar-refractivity contribution in [3.63, 3.8) is 0 Å². The van der Waals surface area contributed by atoms with Gasteiger partial charge in [-0.2, -0.15) is 0 Å². The van der Waals surface area contributed by atoms with E-state index in [4.69, 9.17) is 9.41 Å². The van der Waals surface area contributed by atoms with E-state index < -0.39 is 0 Å². The molecule has 0 aliphatic carbocycles. The van der Waals surface area contributed by atoms with Crippen LogP contribution in [0.2, 0.25) is 0 Å². The number of furan rings is 1. The van der Waals surface area contributed by atoms with Crippen LogP contribution in [-0.4, -0.2) is 11.9 Å². The number of aliphatic imine (C=N–C) groups is 1. The molecule has 1 aromatic heterocycles. The van der Waals surface area contributed by atoms with Gasteiger partial charge < -0.3 is 9.83 Å². The molecule has 0 bridgehead atoms. The molecule has 0 unspecified atom stereocenters. The highest BCUT2D eigenvalue weighted by Crippen LogP contribution is 2.45. The van der Waals surface area contributed by atoms with Crippen molar-refractivity contribution in [2.24, 2.45) is 4.99 Å². The van der Waals surface area contributed by atoms with Gasteiger partial charge in [-0.25, -0.2) is 0 Å². The number of hydrogen-bond donors (Lipinski definition) is 1.